The van der Waals surface area contributed by atoms with Gasteiger partial charge in [0.1, 0.15) is 11.5 Å². The zero-order chi connectivity index (χ0) is 20.8. The molecule has 0 aliphatic rings. The first-order chi connectivity index (χ1) is 14.0. The van der Waals surface area contributed by atoms with Gasteiger partial charge in [-0.25, -0.2) is 0 Å². The fraction of sp³-hybridized carbons (Fsp3) is 0.273. The number of ether oxygens (including phenoxy) is 2. The van der Waals surface area contributed by atoms with E-state index in [0.29, 0.717) is 12.3 Å². The molecule has 1 unspecified atom stereocenters. The third-order valence-corrected chi connectivity index (χ3v) is 4.69. The molecule has 1 heterocycles. The van der Waals surface area contributed by atoms with Crippen LogP contribution in [0.3, 0.4) is 0 Å². The third kappa shape index (κ3) is 4.75. The molecule has 0 aliphatic heterocycles. The van der Waals surface area contributed by atoms with Gasteiger partial charge in [0, 0.05) is 23.7 Å². The molecule has 1 amide bonds. The summed E-state index contributed by atoms with van der Waals surface area (Å²) in [6.07, 6.45) is 0. The molecule has 0 aliphatic carbocycles. The first-order valence-corrected chi connectivity index (χ1v) is 9.22. The van der Waals surface area contributed by atoms with Gasteiger partial charge in [0.05, 0.1) is 20.3 Å². The van der Waals surface area contributed by atoms with E-state index in [1.165, 1.54) is 0 Å². The lowest BCUT2D eigenvalue weighted by atomic mass is 10.0. The number of likely N-dealkylation sites (N-methyl/N-ethyl adjacent to an activating group) is 1. The Labute approximate surface area is 170 Å². The fourth-order valence-electron chi connectivity index (χ4n) is 3.07. The maximum absolute atomic E-state index is 12.6. The molecule has 7 nitrogen and oxygen atoms in total. The summed E-state index contributed by atoms with van der Waals surface area (Å²) in [7, 11) is 7.17. The molecule has 0 saturated heterocycles. The van der Waals surface area contributed by atoms with Crippen molar-refractivity contribution in [2.75, 3.05) is 34.9 Å². The number of carbonyl (C=O) groups is 1. The molecule has 29 heavy (non-hydrogen) atoms. The Bertz CT molecular complexity index is 951. The van der Waals surface area contributed by atoms with Gasteiger partial charge in [-0.2, -0.15) is 0 Å². The number of amides is 1. The Kier molecular flexibility index (Phi) is 6.51. The highest BCUT2D eigenvalue weighted by Crippen LogP contribution is 2.27. The van der Waals surface area contributed by atoms with E-state index in [9.17, 15) is 4.79 Å². The van der Waals surface area contributed by atoms with Crippen molar-refractivity contribution in [3.8, 4) is 22.8 Å². The van der Waals surface area contributed by atoms with Gasteiger partial charge in [-0.15, -0.1) is 0 Å². The predicted octanol–water partition coefficient (Wildman–Crippen LogP) is 3.39. The number of rotatable bonds is 8. The number of methoxy groups -OCH3 is 2. The molecule has 1 atom stereocenters. The Morgan fingerprint density at radius 1 is 1.10 bits per heavy atom. The number of para-hydroxylation sites is 1. The zero-order valence-electron chi connectivity index (χ0n) is 17.0. The normalized spacial score (nSPS) is 11.9. The van der Waals surface area contributed by atoms with E-state index in [1.54, 1.807) is 20.3 Å². The van der Waals surface area contributed by atoms with Gasteiger partial charge >= 0.3 is 0 Å². The minimum atomic E-state index is -0.296. The summed E-state index contributed by atoms with van der Waals surface area (Å²) in [5.41, 5.74) is 2.05. The quantitative estimate of drug-likeness (QED) is 0.630. The predicted molar refractivity (Wildman–Crippen MR) is 110 cm³/mol. The standard InChI is InChI=1S/C22H25N3O4/c1-25(2)19(17-7-5-6-8-20(17)28-4)14-23-22(26)18-13-21(29-24-18)15-9-11-16(27-3)12-10-15/h5-13,19H,14H2,1-4H3,(H,23,26). The van der Waals surface area contributed by atoms with Crippen molar-refractivity contribution < 1.29 is 18.8 Å². The molecule has 7 heteroatoms. The Morgan fingerprint density at radius 3 is 2.48 bits per heavy atom. The first kappa shape index (κ1) is 20.4. The average molecular weight is 395 g/mol. The van der Waals surface area contributed by atoms with Crippen molar-refractivity contribution in [2.45, 2.75) is 6.04 Å². The van der Waals surface area contributed by atoms with Crippen LogP contribution in [-0.2, 0) is 0 Å². The van der Waals surface area contributed by atoms with Gasteiger partial charge < -0.3 is 24.2 Å². The average Bonchev–Trinajstić information content (AvgIpc) is 3.24. The highest BCUT2D eigenvalue weighted by molar-refractivity contribution is 5.93. The van der Waals surface area contributed by atoms with Crippen molar-refractivity contribution in [1.29, 1.82) is 0 Å². The number of hydrogen-bond acceptors (Lipinski definition) is 6. The Balaban J connectivity index is 1.70. The number of carbonyl (C=O) groups excluding carboxylic acids is 1. The van der Waals surface area contributed by atoms with E-state index in [0.717, 1.165) is 22.6 Å². The van der Waals surface area contributed by atoms with Crippen LogP contribution in [0.25, 0.3) is 11.3 Å². The monoisotopic (exact) mass is 395 g/mol. The van der Waals surface area contributed by atoms with Crippen molar-refractivity contribution in [2.24, 2.45) is 0 Å². The van der Waals surface area contributed by atoms with E-state index >= 15 is 0 Å². The second-order valence-electron chi connectivity index (χ2n) is 6.74. The van der Waals surface area contributed by atoms with Crippen molar-refractivity contribution in [3.63, 3.8) is 0 Å². The van der Waals surface area contributed by atoms with Crippen LogP contribution < -0.4 is 14.8 Å². The minimum Gasteiger partial charge on any atom is -0.497 e. The molecule has 2 aromatic carbocycles. The summed E-state index contributed by atoms with van der Waals surface area (Å²) in [5.74, 6) is 1.75. The van der Waals surface area contributed by atoms with Crippen LogP contribution in [0.15, 0.2) is 59.1 Å². The van der Waals surface area contributed by atoms with E-state index < -0.39 is 0 Å². The summed E-state index contributed by atoms with van der Waals surface area (Å²) in [5, 5.41) is 6.84. The topological polar surface area (TPSA) is 76.8 Å². The molecule has 0 saturated carbocycles. The molecule has 0 bridgehead atoms. The number of nitrogens with one attached hydrogen (secondary N) is 1. The molecule has 3 aromatic rings. The molecule has 0 radical (unpaired) electrons. The van der Waals surface area contributed by atoms with Crippen LogP contribution >= 0.6 is 0 Å². The highest BCUT2D eigenvalue weighted by Gasteiger charge is 2.21. The SMILES string of the molecule is COc1ccc(-c2cc(C(=O)NCC(c3ccccc3OC)N(C)C)no2)cc1. The summed E-state index contributed by atoms with van der Waals surface area (Å²) in [6, 6.07) is 16.7. The summed E-state index contributed by atoms with van der Waals surface area (Å²) < 4.78 is 16.0. The van der Waals surface area contributed by atoms with Crippen molar-refractivity contribution >= 4 is 5.91 Å². The highest BCUT2D eigenvalue weighted by atomic mass is 16.5. The van der Waals surface area contributed by atoms with Crippen LogP contribution in [-0.4, -0.2) is 50.8 Å². The summed E-state index contributed by atoms with van der Waals surface area (Å²) in [4.78, 5) is 14.6. The number of nitrogens with zero attached hydrogens (tertiary/aromatic N) is 2. The minimum absolute atomic E-state index is 0.0527. The maximum Gasteiger partial charge on any atom is 0.273 e. The zero-order valence-corrected chi connectivity index (χ0v) is 17.0. The van der Waals surface area contributed by atoms with E-state index in [1.807, 2.05) is 67.5 Å². The van der Waals surface area contributed by atoms with Crippen LogP contribution in [0.2, 0.25) is 0 Å². The second-order valence-corrected chi connectivity index (χ2v) is 6.74. The van der Waals surface area contributed by atoms with E-state index in [2.05, 4.69) is 10.5 Å². The maximum atomic E-state index is 12.6. The van der Waals surface area contributed by atoms with E-state index in [4.69, 9.17) is 14.0 Å². The van der Waals surface area contributed by atoms with Crippen molar-refractivity contribution in [3.05, 3.63) is 65.9 Å². The Morgan fingerprint density at radius 2 is 1.83 bits per heavy atom. The van der Waals surface area contributed by atoms with Gasteiger partial charge in [-0.1, -0.05) is 23.4 Å². The molecule has 1 aromatic heterocycles. The fourth-order valence-corrected chi connectivity index (χ4v) is 3.07. The molecule has 0 spiro atoms. The smallest absolute Gasteiger partial charge is 0.273 e. The van der Waals surface area contributed by atoms with Crippen LogP contribution in [0.5, 0.6) is 11.5 Å². The lowest BCUT2D eigenvalue weighted by Gasteiger charge is -2.26. The van der Waals surface area contributed by atoms with E-state index in [-0.39, 0.29) is 17.6 Å². The van der Waals surface area contributed by atoms with Gasteiger partial charge in [0.2, 0.25) is 0 Å². The summed E-state index contributed by atoms with van der Waals surface area (Å²) >= 11 is 0. The number of benzene rings is 2. The second kappa shape index (κ2) is 9.25. The molecular formula is C22H25N3O4. The first-order valence-electron chi connectivity index (χ1n) is 9.22. The molecule has 3 rings (SSSR count). The van der Waals surface area contributed by atoms with Gasteiger partial charge in [0.15, 0.2) is 11.5 Å². The van der Waals surface area contributed by atoms with Crippen LogP contribution in [0.4, 0.5) is 0 Å². The van der Waals surface area contributed by atoms with Crippen LogP contribution in [0, 0.1) is 0 Å². The summed E-state index contributed by atoms with van der Waals surface area (Å²) in [6.45, 7) is 0.400. The molecule has 1 N–H and O–H groups in total. The molecular weight excluding hydrogens is 370 g/mol. The number of aromatic nitrogens is 1. The third-order valence-electron chi connectivity index (χ3n) is 4.69. The Hall–Kier alpha value is -3.32. The van der Waals surface area contributed by atoms with Gasteiger partial charge in [0.25, 0.3) is 5.91 Å². The van der Waals surface area contributed by atoms with Gasteiger partial charge in [-0.05, 0) is 44.4 Å². The number of hydrogen-bond donors (Lipinski definition) is 1. The van der Waals surface area contributed by atoms with Crippen LogP contribution in [0.1, 0.15) is 22.1 Å². The lowest BCUT2D eigenvalue weighted by molar-refractivity contribution is 0.0932. The molecule has 0 fully saturated rings. The van der Waals surface area contributed by atoms with Crippen molar-refractivity contribution in [1.82, 2.24) is 15.4 Å². The van der Waals surface area contributed by atoms with Gasteiger partial charge in [-0.3, -0.25) is 4.79 Å². The largest absolute Gasteiger partial charge is 0.497 e. The lowest BCUT2D eigenvalue weighted by Crippen LogP contribution is -2.34. The molecule has 152 valence electrons.